The van der Waals surface area contributed by atoms with Gasteiger partial charge in [0.15, 0.2) is 0 Å². The van der Waals surface area contributed by atoms with Gasteiger partial charge in [-0.1, -0.05) is 20.8 Å². The van der Waals surface area contributed by atoms with E-state index in [-0.39, 0.29) is 11.5 Å². The number of nitrogens with one attached hydrogen (secondary N) is 1. The van der Waals surface area contributed by atoms with Crippen LogP contribution in [-0.2, 0) is 11.2 Å². The third kappa shape index (κ3) is 4.08. The minimum absolute atomic E-state index is 0.189. The van der Waals surface area contributed by atoms with E-state index in [0.717, 1.165) is 10.9 Å². The topological polar surface area (TPSA) is 85.2 Å². The number of benzene rings is 1. The number of hydrogen-bond donors (Lipinski definition) is 2. The van der Waals surface area contributed by atoms with E-state index in [2.05, 4.69) is 4.98 Å². The Morgan fingerprint density at radius 2 is 2.00 bits per heavy atom. The first-order chi connectivity index (χ1) is 10.0. The number of carbonyl (C=O) groups is 1. The standard InChI is InChI=1S/C14H16N2O3.C2H6/c1-8(13(15)17)5-10-6-9-7-11(19-2)3-4-12(9)16-14(10)18;1-2/h3-4,6-8H,5H2,1-2H3,(H2,15,17)(H,16,18);1-2H3. The molecule has 0 aliphatic rings. The number of carbonyl (C=O) groups excluding carboxylic acids is 1. The quantitative estimate of drug-likeness (QED) is 0.905. The van der Waals surface area contributed by atoms with Crippen molar-refractivity contribution in [1.29, 1.82) is 0 Å². The number of aromatic amines is 1. The van der Waals surface area contributed by atoms with Crippen LogP contribution in [0.4, 0.5) is 0 Å². The normalized spacial score (nSPS) is 11.4. The second kappa shape index (κ2) is 7.47. The van der Waals surface area contributed by atoms with Gasteiger partial charge >= 0.3 is 0 Å². The smallest absolute Gasteiger partial charge is 0.251 e. The molecule has 1 aromatic heterocycles. The Kier molecular flexibility index (Phi) is 5.96. The predicted molar refractivity (Wildman–Crippen MR) is 84.5 cm³/mol. The molecular weight excluding hydrogens is 268 g/mol. The Labute approximate surface area is 124 Å². The van der Waals surface area contributed by atoms with E-state index < -0.39 is 5.91 Å². The maximum atomic E-state index is 11.9. The molecule has 1 unspecified atom stereocenters. The molecule has 3 N–H and O–H groups in total. The van der Waals surface area contributed by atoms with Gasteiger partial charge in [-0.2, -0.15) is 0 Å². The highest BCUT2D eigenvalue weighted by molar-refractivity contribution is 5.81. The molecule has 0 aliphatic carbocycles. The van der Waals surface area contributed by atoms with Crippen LogP contribution in [0.5, 0.6) is 5.75 Å². The van der Waals surface area contributed by atoms with Crippen LogP contribution in [0.1, 0.15) is 26.3 Å². The first kappa shape index (κ1) is 16.8. The summed E-state index contributed by atoms with van der Waals surface area (Å²) in [5, 5.41) is 0.866. The summed E-state index contributed by atoms with van der Waals surface area (Å²) in [5.74, 6) is -0.0669. The van der Waals surface area contributed by atoms with Gasteiger partial charge in [0.05, 0.1) is 7.11 Å². The lowest BCUT2D eigenvalue weighted by Gasteiger charge is -2.08. The minimum atomic E-state index is -0.412. The zero-order valence-electron chi connectivity index (χ0n) is 12.9. The van der Waals surface area contributed by atoms with E-state index in [0.29, 0.717) is 17.7 Å². The number of nitrogens with two attached hydrogens (primary N) is 1. The summed E-state index contributed by atoms with van der Waals surface area (Å²) in [6.45, 7) is 5.71. The number of fused-ring (bicyclic) bond motifs is 1. The lowest BCUT2D eigenvalue weighted by atomic mass is 10.0. The van der Waals surface area contributed by atoms with Crippen LogP contribution in [0.25, 0.3) is 10.9 Å². The van der Waals surface area contributed by atoms with Crippen molar-refractivity contribution in [2.24, 2.45) is 11.7 Å². The molecule has 21 heavy (non-hydrogen) atoms. The molecule has 0 fully saturated rings. The number of primary amides is 1. The molecular formula is C16H22N2O3. The Morgan fingerprint density at radius 1 is 1.33 bits per heavy atom. The van der Waals surface area contributed by atoms with Gasteiger partial charge in [0.1, 0.15) is 5.75 Å². The second-order valence-corrected chi connectivity index (χ2v) is 4.58. The van der Waals surface area contributed by atoms with Crippen molar-refractivity contribution in [3.05, 3.63) is 40.2 Å². The van der Waals surface area contributed by atoms with E-state index in [9.17, 15) is 9.59 Å². The summed E-state index contributed by atoms with van der Waals surface area (Å²) in [6, 6.07) is 7.18. The molecule has 1 amide bonds. The van der Waals surface area contributed by atoms with Crippen molar-refractivity contribution in [2.45, 2.75) is 27.2 Å². The van der Waals surface area contributed by atoms with E-state index in [4.69, 9.17) is 10.5 Å². The third-order valence-corrected chi connectivity index (χ3v) is 3.14. The molecule has 2 aromatic rings. The molecule has 0 radical (unpaired) electrons. The summed E-state index contributed by atoms with van der Waals surface area (Å²) < 4.78 is 5.15. The summed E-state index contributed by atoms with van der Waals surface area (Å²) in [4.78, 5) is 25.8. The molecule has 114 valence electrons. The SMILES string of the molecule is CC.COc1ccc2[nH]c(=O)c(CC(C)C(N)=O)cc2c1. The maximum absolute atomic E-state index is 11.9. The largest absolute Gasteiger partial charge is 0.497 e. The molecule has 5 heteroatoms. The number of ether oxygens (including phenoxy) is 1. The number of hydrogen-bond acceptors (Lipinski definition) is 3. The molecule has 0 saturated heterocycles. The van der Waals surface area contributed by atoms with Crippen molar-refractivity contribution in [1.82, 2.24) is 4.98 Å². The highest BCUT2D eigenvalue weighted by Gasteiger charge is 2.12. The van der Waals surface area contributed by atoms with Gasteiger partial charge in [-0.3, -0.25) is 9.59 Å². The van der Waals surface area contributed by atoms with Crippen molar-refractivity contribution in [3.63, 3.8) is 0 Å². The second-order valence-electron chi connectivity index (χ2n) is 4.58. The van der Waals surface area contributed by atoms with Crippen LogP contribution in [0.15, 0.2) is 29.1 Å². The van der Waals surface area contributed by atoms with E-state index in [1.54, 1.807) is 32.2 Å². The Hall–Kier alpha value is -2.30. The Balaban J connectivity index is 0.00000106. The zero-order chi connectivity index (χ0) is 16.0. The lowest BCUT2D eigenvalue weighted by Crippen LogP contribution is -2.25. The monoisotopic (exact) mass is 290 g/mol. The van der Waals surface area contributed by atoms with Crippen LogP contribution < -0.4 is 16.0 Å². The molecule has 0 bridgehead atoms. The zero-order valence-corrected chi connectivity index (χ0v) is 12.9. The molecule has 1 atom stereocenters. The van der Waals surface area contributed by atoms with Gasteiger partial charge in [-0.25, -0.2) is 0 Å². The summed E-state index contributed by atoms with van der Waals surface area (Å²) >= 11 is 0. The number of H-pyrrole nitrogens is 1. The molecule has 5 nitrogen and oxygen atoms in total. The van der Waals surface area contributed by atoms with Crippen LogP contribution in [0.3, 0.4) is 0 Å². The number of methoxy groups -OCH3 is 1. The van der Waals surface area contributed by atoms with Crippen molar-refractivity contribution >= 4 is 16.8 Å². The van der Waals surface area contributed by atoms with Crippen LogP contribution >= 0.6 is 0 Å². The van der Waals surface area contributed by atoms with E-state index >= 15 is 0 Å². The molecule has 1 aromatic carbocycles. The summed E-state index contributed by atoms with van der Waals surface area (Å²) in [5.41, 5.74) is 6.32. The molecule has 0 spiro atoms. The van der Waals surface area contributed by atoms with Crippen molar-refractivity contribution in [2.75, 3.05) is 7.11 Å². The third-order valence-electron chi connectivity index (χ3n) is 3.14. The number of pyridine rings is 1. The number of aromatic nitrogens is 1. The summed E-state index contributed by atoms with van der Waals surface area (Å²) in [6.07, 6.45) is 0.331. The van der Waals surface area contributed by atoms with E-state index in [1.165, 1.54) is 0 Å². The molecule has 0 aliphatic heterocycles. The van der Waals surface area contributed by atoms with Crippen LogP contribution in [0, 0.1) is 5.92 Å². The summed E-state index contributed by atoms with van der Waals surface area (Å²) in [7, 11) is 1.59. The molecule has 1 heterocycles. The highest BCUT2D eigenvalue weighted by atomic mass is 16.5. The minimum Gasteiger partial charge on any atom is -0.497 e. The fourth-order valence-corrected chi connectivity index (χ4v) is 1.94. The lowest BCUT2D eigenvalue weighted by molar-refractivity contribution is -0.121. The predicted octanol–water partition coefficient (Wildman–Crippen LogP) is 2.23. The fourth-order valence-electron chi connectivity index (χ4n) is 1.94. The average molecular weight is 290 g/mol. The van der Waals surface area contributed by atoms with Crippen LogP contribution in [0.2, 0.25) is 0 Å². The maximum Gasteiger partial charge on any atom is 0.251 e. The van der Waals surface area contributed by atoms with Gasteiger partial charge in [-0.05, 0) is 30.7 Å². The van der Waals surface area contributed by atoms with Gasteiger partial charge in [-0.15, -0.1) is 0 Å². The van der Waals surface area contributed by atoms with Crippen LogP contribution in [-0.4, -0.2) is 18.0 Å². The van der Waals surface area contributed by atoms with Crippen molar-refractivity contribution in [3.8, 4) is 5.75 Å². The first-order valence-electron chi connectivity index (χ1n) is 7.00. The van der Waals surface area contributed by atoms with Gasteiger partial charge in [0.25, 0.3) is 5.56 Å². The molecule has 0 saturated carbocycles. The van der Waals surface area contributed by atoms with Gasteiger partial charge in [0.2, 0.25) is 5.91 Å². The van der Waals surface area contributed by atoms with Gasteiger partial charge < -0.3 is 15.5 Å². The Morgan fingerprint density at radius 3 is 2.57 bits per heavy atom. The molecule has 2 rings (SSSR count). The van der Waals surface area contributed by atoms with E-state index in [1.807, 2.05) is 19.9 Å². The first-order valence-corrected chi connectivity index (χ1v) is 7.00. The fraction of sp³-hybridized carbons (Fsp3) is 0.375. The Bertz CT molecular complexity index is 677. The number of amides is 1. The number of rotatable bonds is 4. The van der Waals surface area contributed by atoms with Gasteiger partial charge in [0, 0.05) is 22.4 Å². The highest BCUT2D eigenvalue weighted by Crippen LogP contribution is 2.19. The average Bonchev–Trinajstić information content (AvgIpc) is 2.49. The van der Waals surface area contributed by atoms with Crippen molar-refractivity contribution < 1.29 is 9.53 Å².